The number of nitrogens with one attached hydrogen (secondary N) is 2. The van der Waals surface area contributed by atoms with Gasteiger partial charge in [0.15, 0.2) is 5.82 Å². The Hall–Kier alpha value is -3.90. The van der Waals surface area contributed by atoms with Crippen LogP contribution in [0, 0.1) is 17.6 Å². The number of benzene rings is 2. The van der Waals surface area contributed by atoms with E-state index in [1.54, 1.807) is 11.1 Å². The Balaban J connectivity index is 1.41. The van der Waals surface area contributed by atoms with Crippen LogP contribution in [0.5, 0.6) is 0 Å². The molecule has 0 aliphatic carbocycles. The number of aliphatic hydroxyl groups is 2. The number of carbonyl (C=O) groups excluding carboxylic acids is 2. The first-order valence-corrected chi connectivity index (χ1v) is 16.6. The lowest BCUT2D eigenvalue weighted by atomic mass is 9.93. The van der Waals surface area contributed by atoms with Crippen LogP contribution in [-0.4, -0.2) is 70.9 Å². The third-order valence-electron chi connectivity index (χ3n) is 9.04. The van der Waals surface area contributed by atoms with Crippen molar-refractivity contribution in [1.29, 1.82) is 0 Å². The van der Waals surface area contributed by atoms with Crippen LogP contribution in [0.3, 0.4) is 0 Å². The summed E-state index contributed by atoms with van der Waals surface area (Å²) < 4.78 is 35.3. The molecule has 2 aliphatic heterocycles. The Bertz CT molecular complexity index is 1660. The van der Waals surface area contributed by atoms with Crippen LogP contribution in [-0.2, 0) is 14.3 Å². The van der Waals surface area contributed by atoms with E-state index in [0.29, 0.717) is 37.8 Å². The van der Waals surface area contributed by atoms with Crippen LogP contribution in [0.4, 0.5) is 20.2 Å². The molecule has 2 aliphatic rings. The summed E-state index contributed by atoms with van der Waals surface area (Å²) in [6.45, 7) is 1.80. The van der Waals surface area contributed by atoms with Crippen LogP contribution in [0.25, 0.3) is 16.7 Å². The Morgan fingerprint density at radius 3 is 2.71 bits per heavy atom. The van der Waals surface area contributed by atoms with Crippen LogP contribution in [0.2, 0.25) is 5.02 Å². The van der Waals surface area contributed by atoms with Gasteiger partial charge in [0.2, 0.25) is 5.91 Å². The van der Waals surface area contributed by atoms with Crippen molar-refractivity contribution in [1.82, 2.24) is 9.88 Å². The zero-order valence-corrected chi connectivity index (χ0v) is 27.7. The summed E-state index contributed by atoms with van der Waals surface area (Å²) in [4.78, 5) is 31.2. The minimum atomic E-state index is -0.890. The zero-order valence-electron chi connectivity index (χ0n) is 27.0. The minimum Gasteiger partial charge on any atom is -0.394 e. The second-order valence-corrected chi connectivity index (χ2v) is 12.8. The molecule has 1 fully saturated rings. The van der Waals surface area contributed by atoms with Gasteiger partial charge >= 0.3 is 0 Å². The number of ether oxygens (including phenoxy) is 1. The van der Waals surface area contributed by atoms with E-state index in [1.165, 1.54) is 6.08 Å². The summed E-state index contributed by atoms with van der Waals surface area (Å²) in [5.74, 6) is -2.19. The van der Waals surface area contributed by atoms with Gasteiger partial charge in [-0.3, -0.25) is 9.78 Å². The molecule has 0 spiro atoms. The molecule has 3 aromatic rings. The van der Waals surface area contributed by atoms with Gasteiger partial charge < -0.3 is 35.3 Å². The zero-order chi connectivity index (χ0) is 34.4. The lowest BCUT2D eigenvalue weighted by Crippen LogP contribution is -2.43. The van der Waals surface area contributed by atoms with E-state index in [0.717, 1.165) is 40.9 Å². The molecule has 4 N–H and O–H groups in total. The number of rotatable bonds is 13. The molecule has 5 rings (SSSR count). The van der Waals surface area contributed by atoms with Gasteiger partial charge in [0.25, 0.3) is 0 Å². The average Bonchev–Trinajstić information content (AvgIpc) is 3.09. The molecule has 3 heterocycles. The summed E-state index contributed by atoms with van der Waals surface area (Å²) in [6, 6.07) is 11.5. The Labute approximate surface area is 284 Å². The first-order valence-electron chi connectivity index (χ1n) is 16.2. The summed E-state index contributed by atoms with van der Waals surface area (Å²) >= 11 is 5.92. The lowest BCUT2D eigenvalue weighted by Gasteiger charge is -2.34. The molecule has 2 aromatic carbocycles. The molecule has 0 saturated carbocycles. The largest absolute Gasteiger partial charge is 0.394 e. The highest BCUT2D eigenvalue weighted by molar-refractivity contribution is 6.31. The standard InChI is InChI=1S/C36H41ClF2N4O5/c1-21(19-44)4-3-5-30(43-15-13-23(17-34(43)47)35-27(38)9-8-26(37)36(35)39)29-16-22(12-14-41-29)25-7-6-24(18-28(25)40-2)42-33-11-10-31(46)32(20-45)48-33/h6-9,12,14,16-19,21,30-33,40,42,45-46H,3-5,10-11,13,15,20H2,1-2H3/t21?,30?,31?,32-,33?/m1/s1. The number of aliphatic hydroxyl groups excluding tert-OH is 2. The second-order valence-electron chi connectivity index (χ2n) is 12.3. The van der Waals surface area contributed by atoms with E-state index >= 15 is 0 Å². The van der Waals surface area contributed by atoms with E-state index in [2.05, 4.69) is 15.6 Å². The van der Waals surface area contributed by atoms with E-state index < -0.39 is 29.9 Å². The van der Waals surface area contributed by atoms with Crippen molar-refractivity contribution in [3.05, 3.63) is 82.7 Å². The molecule has 1 aromatic heterocycles. The molecule has 0 radical (unpaired) electrons. The molecule has 9 nitrogen and oxygen atoms in total. The second kappa shape index (κ2) is 16.0. The summed E-state index contributed by atoms with van der Waals surface area (Å²) in [7, 11) is 1.82. The van der Waals surface area contributed by atoms with Crippen LogP contribution in [0.1, 0.15) is 62.7 Å². The fourth-order valence-corrected chi connectivity index (χ4v) is 6.53. The third kappa shape index (κ3) is 8.03. The van der Waals surface area contributed by atoms with Crippen molar-refractivity contribution in [2.45, 2.75) is 69.9 Å². The van der Waals surface area contributed by atoms with Gasteiger partial charge in [0.05, 0.1) is 35.0 Å². The minimum absolute atomic E-state index is 0.133. The predicted molar refractivity (Wildman–Crippen MR) is 181 cm³/mol. The fourth-order valence-electron chi connectivity index (χ4n) is 6.37. The molecule has 1 saturated heterocycles. The summed E-state index contributed by atoms with van der Waals surface area (Å²) in [5, 5.41) is 25.9. The first-order chi connectivity index (χ1) is 23.1. The maximum atomic E-state index is 14.8. The SMILES string of the molecule is CNc1cc(NC2CCC(O)[C@@H](CO)O2)ccc1-c1ccnc(C(CCCC(C)C=O)N2CCC(c3c(F)ccc(Cl)c3F)=CC2=O)c1. The number of aromatic nitrogens is 1. The lowest BCUT2D eigenvalue weighted by molar-refractivity contribution is -0.129. The molecule has 256 valence electrons. The Morgan fingerprint density at radius 2 is 1.98 bits per heavy atom. The quantitative estimate of drug-likeness (QED) is 0.121. The molecule has 4 unspecified atom stereocenters. The average molecular weight is 683 g/mol. The Morgan fingerprint density at radius 1 is 1.17 bits per heavy atom. The van der Waals surface area contributed by atoms with Gasteiger partial charge in [0.1, 0.15) is 24.4 Å². The van der Waals surface area contributed by atoms with Crippen molar-refractivity contribution < 1.29 is 33.3 Å². The van der Waals surface area contributed by atoms with E-state index in [-0.39, 0.29) is 53.8 Å². The van der Waals surface area contributed by atoms with Crippen LogP contribution in [0.15, 0.2) is 54.7 Å². The molecule has 1 amide bonds. The van der Waals surface area contributed by atoms with Gasteiger partial charge in [-0.15, -0.1) is 0 Å². The van der Waals surface area contributed by atoms with E-state index in [1.807, 2.05) is 44.3 Å². The molecule has 5 atom stereocenters. The number of nitrogens with zero attached hydrogens (tertiary/aromatic N) is 2. The Kier molecular flexibility index (Phi) is 11.8. The van der Waals surface area contributed by atoms with Crippen LogP contribution >= 0.6 is 11.6 Å². The molecule has 48 heavy (non-hydrogen) atoms. The summed E-state index contributed by atoms with van der Waals surface area (Å²) in [5.41, 5.74) is 4.01. The normalized spacial score (nSPS) is 21.0. The van der Waals surface area contributed by atoms with Crippen LogP contribution < -0.4 is 10.6 Å². The number of aldehydes is 1. The highest BCUT2D eigenvalue weighted by atomic mass is 35.5. The number of anilines is 2. The maximum absolute atomic E-state index is 14.8. The first kappa shape index (κ1) is 35.4. The van der Waals surface area contributed by atoms with Gasteiger partial charge in [-0.05, 0) is 79.6 Å². The van der Waals surface area contributed by atoms with E-state index in [9.17, 15) is 28.6 Å². The fraction of sp³-hybridized carbons (Fsp3) is 0.417. The number of pyridine rings is 1. The topological polar surface area (TPSA) is 124 Å². The van der Waals surface area contributed by atoms with Crippen molar-refractivity contribution in [3.8, 4) is 11.1 Å². The smallest absolute Gasteiger partial charge is 0.247 e. The predicted octanol–water partition coefficient (Wildman–Crippen LogP) is 6.35. The van der Waals surface area contributed by atoms with Gasteiger partial charge in [0, 0.05) is 48.7 Å². The van der Waals surface area contributed by atoms with Gasteiger partial charge in [-0.2, -0.15) is 0 Å². The highest BCUT2D eigenvalue weighted by Crippen LogP contribution is 2.37. The maximum Gasteiger partial charge on any atom is 0.247 e. The molecule has 0 bridgehead atoms. The number of halogens is 3. The van der Waals surface area contributed by atoms with Crippen molar-refractivity contribution in [2.75, 3.05) is 30.8 Å². The van der Waals surface area contributed by atoms with Crippen molar-refractivity contribution in [2.24, 2.45) is 5.92 Å². The molecular formula is C36H41ClF2N4O5. The number of hydrogen-bond donors (Lipinski definition) is 4. The highest BCUT2D eigenvalue weighted by Gasteiger charge is 2.31. The monoisotopic (exact) mass is 682 g/mol. The van der Waals surface area contributed by atoms with Crippen molar-refractivity contribution in [3.63, 3.8) is 0 Å². The molecular weight excluding hydrogens is 642 g/mol. The summed E-state index contributed by atoms with van der Waals surface area (Å²) in [6.07, 6.45) is 5.34. The number of hydrogen-bond acceptors (Lipinski definition) is 8. The van der Waals surface area contributed by atoms with Gasteiger partial charge in [-0.25, -0.2) is 8.78 Å². The number of carbonyl (C=O) groups is 2. The van der Waals surface area contributed by atoms with E-state index in [4.69, 9.17) is 16.3 Å². The number of amides is 1. The third-order valence-corrected chi connectivity index (χ3v) is 9.33. The van der Waals surface area contributed by atoms with Crippen molar-refractivity contribution >= 4 is 40.7 Å². The molecule has 12 heteroatoms. The van der Waals surface area contributed by atoms with Gasteiger partial charge in [-0.1, -0.05) is 31.0 Å².